The Morgan fingerprint density at radius 3 is 2.23 bits per heavy atom. The first-order valence-corrected chi connectivity index (χ1v) is 9.79. The fourth-order valence-corrected chi connectivity index (χ4v) is 3.29. The van der Waals surface area contributed by atoms with Crippen LogP contribution in [0.15, 0.2) is 78.9 Å². The largest absolute Gasteiger partial charge is 0.486 e. The van der Waals surface area contributed by atoms with E-state index in [4.69, 9.17) is 9.47 Å². The van der Waals surface area contributed by atoms with Gasteiger partial charge in [0.05, 0.1) is 12.5 Å². The van der Waals surface area contributed by atoms with Crippen molar-refractivity contribution in [1.29, 1.82) is 0 Å². The molecule has 0 spiro atoms. The Morgan fingerprint density at radius 1 is 0.833 bits per heavy atom. The first kappa shape index (κ1) is 19.5. The van der Waals surface area contributed by atoms with Crippen molar-refractivity contribution in [2.24, 2.45) is 0 Å². The second-order valence-corrected chi connectivity index (χ2v) is 6.91. The summed E-state index contributed by atoms with van der Waals surface area (Å²) in [5, 5.41) is 5.85. The van der Waals surface area contributed by atoms with Crippen molar-refractivity contribution in [2.75, 3.05) is 18.5 Å². The molecule has 1 aliphatic rings. The van der Waals surface area contributed by atoms with Gasteiger partial charge in [0.1, 0.15) is 13.2 Å². The Morgan fingerprint density at radius 2 is 1.50 bits per heavy atom. The lowest BCUT2D eigenvalue weighted by Gasteiger charge is -2.20. The third-order valence-electron chi connectivity index (χ3n) is 4.76. The van der Waals surface area contributed by atoms with Gasteiger partial charge in [-0.3, -0.25) is 9.59 Å². The molecule has 0 radical (unpaired) electrons. The highest BCUT2D eigenvalue weighted by molar-refractivity contribution is 5.96. The number of anilines is 1. The van der Waals surface area contributed by atoms with Crippen LogP contribution in [-0.4, -0.2) is 25.0 Å². The molecule has 0 aliphatic carbocycles. The highest BCUT2D eigenvalue weighted by Crippen LogP contribution is 2.32. The van der Waals surface area contributed by atoms with Crippen LogP contribution in [0.3, 0.4) is 0 Å². The zero-order valence-electron chi connectivity index (χ0n) is 16.3. The van der Waals surface area contributed by atoms with Crippen molar-refractivity contribution in [2.45, 2.75) is 12.5 Å². The van der Waals surface area contributed by atoms with E-state index >= 15 is 0 Å². The van der Waals surface area contributed by atoms with E-state index in [-0.39, 0.29) is 18.2 Å². The minimum absolute atomic E-state index is 0.0943. The molecule has 0 aromatic heterocycles. The highest BCUT2D eigenvalue weighted by Gasteiger charge is 2.20. The van der Waals surface area contributed by atoms with Crippen LogP contribution in [0, 0.1) is 0 Å². The number of carbonyl (C=O) groups is 2. The van der Waals surface area contributed by atoms with Crippen molar-refractivity contribution in [1.82, 2.24) is 5.32 Å². The van der Waals surface area contributed by atoms with Gasteiger partial charge in [-0.15, -0.1) is 0 Å². The van der Waals surface area contributed by atoms with Crippen molar-refractivity contribution in [3.63, 3.8) is 0 Å². The van der Waals surface area contributed by atoms with Crippen LogP contribution in [0.4, 0.5) is 5.69 Å². The molecule has 3 aromatic carbocycles. The summed E-state index contributed by atoms with van der Waals surface area (Å²) in [7, 11) is 0. The molecule has 6 heteroatoms. The van der Waals surface area contributed by atoms with E-state index in [1.165, 1.54) is 0 Å². The van der Waals surface area contributed by atoms with Crippen molar-refractivity contribution in [3.8, 4) is 11.5 Å². The second kappa shape index (κ2) is 9.13. The zero-order chi connectivity index (χ0) is 20.8. The van der Waals surface area contributed by atoms with Gasteiger partial charge in [-0.1, -0.05) is 48.5 Å². The molecular weight excluding hydrogens is 380 g/mol. The summed E-state index contributed by atoms with van der Waals surface area (Å²) in [6.45, 7) is 0.991. The van der Waals surface area contributed by atoms with Gasteiger partial charge in [0.15, 0.2) is 11.5 Å². The lowest BCUT2D eigenvalue weighted by Crippen LogP contribution is -2.31. The molecule has 1 heterocycles. The monoisotopic (exact) mass is 402 g/mol. The van der Waals surface area contributed by atoms with Crippen LogP contribution < -0.4 is 20.1 Å². The summed E-state index contributed by atoms with van der Waals surface area (Å²) >= 11 is 0. The molecule has 0 fully saturated rings. The second-order valence-electron chi connectivity index (χ2n) is 6.91. The lowest BCUT2D eigenvalue weighted by molar-refractivity contribution is -0.116. The van der Waals surface area contributed by atoms with Gasteiger partial charge in [-0.25, -0.2) is 0 Å². The van der Waals surface area contributed by atoms with Crippen molar-refractivity contribution < 1.29 is 19.1 Å². The van der Waals surface area contributed by atoms with E-state index in [1.807, 2.05) is 36.4 Å². The number of hydrogen-bond acceptors (Lipinski definition) is 4. The number of carbonyl (C=O) groups excluding carboxylic acids is 2. The first-order valence-electron chi connectivity index (χ1n) is 9.79. The fraction of sp³-hybridized carbons (Fsp3) is 0.167. The van der Waals surface area contributed by atoms with E-state index in [2.05, 4.69) is 10.6 Å². The van der Waals surface area contributed by atoms with Gasteiger partial charge >= 0.3 is 0 Å². The molecule has 2 N–H and O–H groups in total. The summed E-state index contributed by atoms with van der Waals surface area (Å²) in [5.41, 5.74) is 2.02. The van der Waals surface area contributed by atoms with Crippen LogP contribution in [-0.2, 0) is 4.79 Å². The van der Waals surface area contributed by atoms with E-state index in [9.17, 15) is 9.59 Å². The highest BCUT2D eigenvalue weighted by atomic mass is 16.6. The number of amides is 2. The van der Waals surface area contributed by atoms with Gasteiger partial charge in [0.25, 0.3) is 5.91 Å². The molecule has 3 aromatic rings. The lowest BCUT2D eigenvalue weighted by atomic mass is 10.0. The predicted octanol–water partition coefficient (Wildman–Crippen LogP) is 3.96. The predicted molar refractivity (Wildman–Crippen MR) is 114 cm³/mol. The smallest absolute Gasteiger partial charge is 0.251 e. The Kier molecular flexibility index (Phi) is 5.94. The molecule has 30 heavy (non-hydrogen) atoms. The van der Waals surface area contributed by atoms with Crippen LogP contribution >= 0.6 is 0 Å². The summed E-state index contributed by atoms with van der Waals surface area (Å²) in [5.74, 6) is 0.832. The molecule has 4 rings (SSSR count). The van der Waals surface area contributed by atoms with Crippen molar-refractivity contribution >= 4 is 17.5 Å². The van der Waals surface area contributed by atoms with E-state index in [0.29, 0.717) is 36.0 Å². The Labute approximate surface area is 174 Å². The van der Waals surface area contributed by atoms with E-state index in [1.54, 1.807) is 42.5 Å². The minimum atomic E-state index is -0.462. The maximum Gasteiger partial charge on any atom is 0.251 e. The summed E-state index contributed by atoms with van der Waals surface area (Å²) in [6.07, 6.45) is 0.0943. The molecule has 0 bridgehead atoms. The van der Waals surface area contributed by atoms with Gasteiger partial charge in [-0.2, -0.15) is 0 Å². The molecule has 0 saturated carbocycles. The molecule has 0 unspecified atom stereocenters. The number of hydrogen-bond donors (Lipinski definition) is 2. The first-order chi connectivity index (χ1) is 14.7. The quantitative estimate of drug-likeness (QED) is 0.654. The number of nitrogens with one attached hydrogen (secondary N) is 2. The molecular formula is C24H22N2O4. The third kappa shape index (κ3) is 4.78. The SMILES string of the molecule is O=C(C[C@@H](NC(=O)c1ccccc1)c1ccccc1)Nc1ccc2c(c1)OCCO2. The maximum atomic E-state index is 12.7. The van der Waals surface area contributed by atoms with Crippen LogP contribution in [0.25, 0.3) is 0 Å². The third-order valence-corrected chi connectivity index (χ3v) is 4.76. The van der Waals surface area contributed by atoms with Gasteiger partial charge in [0.2, 0.25) is 5.91 Å². The van der Waals surface area contributed by atoms with Gasteiger partial charge < -0.3 is 20.1 Å². The summed E-state index contributed by atoms with van der Waals surface area (Å²) in [4.78, 5) is 25.4. The normalized spacial score (nSPS) is 13.2. The van der Waals surface area contributed by atoms with Gasteiger partial charge in [0, 0.05) is 17.3 Å². The maximum absolute atomic E-state index is 12.7. The minimum Gasteiger partial charge on any atom is -0.486 e. The molecule has 1 atom stereocenters. The summed E-state index contributed by atoms with van der Waals surface area (Å²) in [6, 6.07) is 23.2. The molecule has 2 amide bonds. The van der Waals surface area contributed by atoms with E-state index in [0.717, 1.165) is 5.56 Å². The molecule has 0 saturated heterocycles. The fourth-order valence-electron chi connectivity index (χ4n) is 3.29. The average molecular weight is 402 g/mol. The Hall–Kier alpha value is -3.80. The topological polar surface area (TPSA) is 76.7 Å². The number of fused-ring (bicyclic) bond motifs is 1. The number of ether oxygens (including phenoxy) is 2. The number of rotatable bonds is 6. The molecule has 6 nitrogen and oxygen atoms in total. The Bertz CT molecular complexity index is 1020. The zero-order valence-corrected chi connectivity index (χ0v) is 16.3. The molecule has 152 valence electrons. The number of benzene rings is 3. The summed E-state index contributed by atoms with van der Waals surface area (Å²) < 4.78 is 11.1. The van der Waals surface area contributed by atoms with E-state index < -0.39 is 6.04 Å². The van der Waals surface area contributed by atoms with Gasteiger partial charge in [-0.05, 0) is 29.8 Å². The van der Waals surface area contributed by atoms with Crippen LogP contribution in [0.2, 0.25) is 0 Å². The standard InChI is InChI=1S/C24H22N2O4/c27-23(25-19-11-12-21-22(15-19)30-14-13-29-21)16-20(17-7-3-1-4-8-17)26-24(28)18-9-5-2-6-10-18/h1-12,15,20H,13-14,16H2,(H,25,27)(H,26,28)/t20-/m1/s1. The van der Waals surface area contributed by atoms with Crippen LogP contribution in [0.5, 0.6) is 11.5 Å². The van der Waals surface area contributed by atoms with Crippen molar-refractivity contribution in [3.05, 3.63) is 90.0 Å². The molecule has 1 aliphatic heterocycles. The van der Waals surface area contributed by atoms with Crippen LogP contribution in [0.1, 0.15) is 28.4 Å². The Balaban J connectivity index is 1.47. The average Bonchev–Trinajstić information content (AvgIpc) is 2.79.